The van der Waals surface area contributed by atoms with Crippen LogP contribution in [-0.4, -0.2) is 11.1 Å². The molecule has 0 fully saturated rings. The predicted octanol–water partition coefficient (Wildman–Crippen LogP) is 3.56. The Bertz CT molecular complexity index is 366. The number of carboxylic acid groups (broad SMARTS) is 1. The number of aliphatic carboxylic acids is 1. The van der Waals surface area contributed by atoms with Crippen molar-refractivity contribution in [1.82, 2.24) is 0 Å². The van der Waals surface area contributed by atoms with Crippen LogP contribution in [0.25, 0.3) is 0 Å². The van der Waals surface area contributed by atoms with E-state index < -0.39 is 17.7 Å². The van der Waals surface area contributed by atoms with Crippen LogP contribution in [0.4, 0.5) is 4.39 Å². The van der Waals surface area contributed by atoms with Crippen LogP contribution < -0.4 is 0 Å². The molecular weight excluding hydrogens is 263 g/mol. The molecular formula is C11H12BrFO2. The number of carboxylic acids is 1. The maximum atomic E-state index is 13.4. The average Bonchev–Trinajstić information content (AvgIpc) is 2.18. The first-order valence-corrected chi connectivity index (χ1v) is 5.53. The molecule has 0 radical (unpaired) electrons. The second-order valence-electron chi connectivity index (χ2n) is 3.35. The Kier molecular flexibility index (Phi) is 4.27. The van der Waals surface area contributed by atoms with Gasteiger partial charge in [0.1, 0.15) is 5.82 Å². The maximum Gasteiger partial charge on any atom is 0.311 e. The lowest BCUT2D eigenvalue weighted by atomic mass is 9.94. The normalized spacial score (nSPS) is 12.5. The Morgan fingerprint density at radius 3 is 2.80 bits per heavy atom. The van der Waals surface area contributed by atoms with Gasteiger partial charge < -0.3 is 5.11 Å². The van der Waals surface area contributed by atoms with E-state index in [0.29, 0.717) is 17.3 Å². The van der Waals surface area contributed by atoms with Gasteiger partial charge in [-0.1, -0.05) is 29.3 Å². The zero-order chi connectivity index (χ0) is 11.4. The second kappa shape index (κ2) is 5.26. The first-order valence-electron chi connectivity index (χ1n) is 4.74. The summed E-state index contributed by atoms with van der Waals surface area (Å²) in [4.78, 5) is 11.0. The molecule has 0 aliphatic rings. The van der Waals surface area contributed by atoms with Gasteiger partial charge in [0.15, 0.2) is 0 Å². The first kappa shape index (κ1) is 12.2. The molecule has 0 bridgehead atoms. The molecule has 1 rings (SSSR count). The third-order valence-electron chi connectivity index (χ3n) is 2.21. The summed E-state index contributed by atoms with van der Waals surface area (Å²) >= 11 is 3.21. The number of carbonyl (C=O) groups is 1. The van der Waals surface area contributed by atoms with Gasteiger partial charge in [-0.25, -0.2) is 4.39 Å². The molecule has 0 aliphatic carbocycles. The minimum Gasteiger partial charge on any atom is -0.481 e. The van der Waals surface area contributed by atoms with E-state index in [-0.39, 0.29) is 5.56 Å². The third kappa shape index (κ3) is 3.02. The molecule has 1 unspecified atom stereocenters. The Morgan fingerprint density at radius 2 is 2.27 bits per heavy atom. The summed E-state index contributed by atoms with van der Waals surface area (Å²) in [5.74, 6) is -2.19. The van der Waals surface area contributed by atoms with E-state index in [0.717, 1.165) is 0 Å². The summed E-state index contributed by atoms with van der Waals surface area (Å²) in [5, 5.41) is 8.99. The van der Waals surface area contributed by atoms with E-state index in [2.05, 4.69) is 15.9 Å². The zero-order valence-corrected chi connectivity index (χ0v) is 9.92. The fourth-order valence-electron chi connectivity index (χ4n) is 1.48. The van der Waals surface area contributed by atoms with Crippen LogP contribution in [-0.2, 0) is 4.79 Å². The van der Waals surface area contributed by atoms with Crippen LogP contribution in [0.5, 0.6) is 0 Å². The van der Waals surface area contributed by atoms with Gasteiger partial charge in [-0.3, -0.25) is 4.79 Å². The standard InChI is InChI=1S/C11H12BrFO2/c1-2-3-8(11(14)15)9-6-7(12)4-5-10(9)13/h4-6,8H,2-3H2,1H3,(H,14,15). The van der Waals surface area contributed by atoms with Crippen molar-refractivity contribution in [2.24, 2.45) is 0 Å². The SMILES string of the molecule is CCCC(C(=O)O)c1cc(Br)ccc1F. The number of hydrogen-bond acceptors (Lipinski definition) is 1. The molecule has 0 aliphatic heterocycles. The summed E-state index contributed by atoms with van der Waals surface area (Å²) < 4.78 is 14.1. The van der Waals surface area contributed by atoms with Crippen LogP contribution in [0.1, 0.15) is 31.2 Å². The van der Waals surface area contributed by atoms with Gasteiger partial charge >= 0.3 is 5.97 Å². The van der Waals surface area contributed by atoms with Gasteiger partial charge in [-0.15, -0.1) is 0 Å². The van der Waals surface area contributed by atoms with Crippen LogP contribution in [0.2, 0.25) is 0 Å². The largest absolute Gasteiger partial charge is 0.481 e. The van der Waals surface area contributed by atoms with E-state index >= 15 is 0 Å². The lowest BCUT2D eigenvalue weighted by Crippen LogP contribution is -2.13. The van der Waals surface area contributed by atoms with E-state index in [1.54, 1.807) is 6.07 Å². The van der Waals surface area contributed by atoms with Crippen molar-refractivity contribution in [3.8, 4) is 0 Å². The summed E-state index contributed by atoms with van der Waals surface area (Å²) in [7, 11) is 0. The van der Waals surface area contributed by atoms with E-state index in [9.17, 15) is 9.18 Å². The maximum absolute atomic E-state index is 13.4. The van der Waals surface area contributed by atoms with Crippen LogP contribution in [0.15, 0.2) is 22.7 Å². The molecule has 0 saturated carbocycles. The molecule has 1 aromatic rings. The van der Waals surface area contributed by atoms with Gasteiger partial charge in [0.2, 0.25) is 0 Å². The number of hydrogen-bond donors (Lipinski definition) is 1. The smallest absolute Gasteiger partial charge is 0.311 e. The quantitative estimate of drug-likeness (QED) is 0.912. The zero-order valence-electron chi connectivity index (χ0n) is 8.34. The molecule has 15 heavy (non-hydrogen) atoms. The third-order valence-corrected chi connectivity index (χ3v) is 2.70. The van der Waals surface area contributed by atoms with E-state index in [1.165, 1.54) is 12.1 Å². The molecule has 82 valence electrons. The van der Waals surface area contributed by atoms with Crippen molar-refractivity contribution < 1.29 is 14.3 Å². The fraction of sp³-hybridized carbons (Fsp3) is 0.364. The monoisotopic (exact) mass is 274 g/mol. The Balaban J connectivity index is 3.09. The Hall–Kier alpha value is -0.900. The lowest BCUT2D eigenvalue weighted by molar-refractivity contribution is -0.139. The topological polar surface area (TPSA) is 37.3 Å². The Labute approximate surface area is 96.2 Å². The van der Waals surface area contributed by atoms with Crippen molar-refractivity contribution in [1.29, 1.82) is 0 Å². The van der Waals surface area contributed by atoms with Crippen LogP contribution in [0.3, 0.4) is 0 Å². The van der Waals surface area contributed by atoms with Gasteiger partial charge in [0.25, 0.3) is 0 Å². The second-order valence-corrected chi connectivity index (χ2v) is 4.26. The lowest BCUT2D eigenvalue weighted by Gasteiger charge is -2.12. The first-order chi connectivity index (χ1) is 7.06. The highest BCUT2D eigenvalue weighted by Crippen LogP contribution is 2.27. The molecule has 1 atom stereocenters. The highest BCUT2D eigenvalue weighted by Gasteiger charge is 2.22. The molecule has 1 aromatic carbocycles. The molecule has 0 saturated heterocycles. The van der Waals surface area contributed by atoms with Crippen LogP contribution in [0, 0.1) is 5.82 Å². The van der Waals surface area contributed by atoms with Crippen molar-refractivity contribution in [3.63, 3.8) is 0 Å². The Morgan fingerprint density at radius 1 is 1.60 bits per heavy atom. The highest BCUT2D eigenvalue weighted by molar-refractivity contribution is 9.10. The molecule has 0 spiro atoms. The van der Waals surface area contributed by atoms with E-state index in [1.807, 2.05) is 6.92 Å². The number of rotatable bonds is 4. The predicted molar refractivity (Wildman–Crippen MR) is 59.4 cm³/mol. The summed E-state index contributed by atoms with van der Waals surface area (Å²) in [5.41, 5.74) is 0.249. The molecule has 0 amide bonds. The number of halogens is 2. The van der Waals surface area contributed by atoms with Crippen molar-refractivity contribution >= 4 is 21.9 Å². The van der Waals surface area contributed by atoms with E-state index in [4.69, 9.17) is 5.11 Å². The molecule has 1 N–H and O–H groups in total. The van der Waals surface area contributed by atoms with Gasteiger partial charge in [-0.2, -0.15) is 0 Å². The summed E-state index contributed by atoms with van der Waals surface area (Å²) in [6, 6.07) is 4.37. The minimum absolute atomic E-state index is 0.249. The van der Waals surface area contributed by atoms with Gasteiger partial charge in [0, 0.05) is 10.0 Å². The molecule has 0 heterocycles. The molecule has 2 nitrogen and oxygen atoms in total. The fourth-order valence-corrected chi connectivity index (χ4v) is 1.86. The minimum atomic E-state index is -0.978. The number of benzene rings is 1. The molecule has 4 heteroatoms. The molecule has 0 aromatic heterocycles. The van der Waals surface area contributed by atoms with Crippen molar-refractivity contribution in [2.45, 2.75) is 25.7 Å². The van der Waals surface area contributed by atoms with Crippen molar-refractivity contribution in [3.05, 3.63) is 34.1 Å². The van der Waals surface area contributed by atoms with Crippen molar-refractivity contribution in [2.75, 3.05) is 0 Å². The highest BCUT2D eigenvalue weighted by atomic mass is 79.9. The summed E-state index contributed by atoms with van der Waals surface area (Å²) in [6.07, 6.45) is 1.16. The van der Waals surface area contributed by atoms with Gasteiger partial charge in [-0.05, 0) is 24.6 Å². The average molecular weight is 275 g/mol. The summed E-state index contributed by atoms with van der Waals surface area (Å²) in [6.45, 7) is 1.88. The van der Waals surface area contributed by atoms with Crippen LogP contribution >= 0.6 is 15.9 Å². The van der Waals surface area contributed by atoms with Gasteiger partial charge in [0.05, 0.1) is 5.92 Å².